The summed E-state index contributed by atoms with van der Waals surface area (Å²) in [6.07, 6.45) is 0. The average Bonchev–Trinajstić information content (AvgIpc) is 2.90. The van der Waals surface area contributed by atoms with E-state index in [-0.39, 0.29) is 19.2 Å². The Morgan fingerprint density at radius 3 is 2.50 bits per heavy atom. The molecule has 2 atom stereocenters. The number of nitrogens with zero attached hydrogens (tertiary/aromatic N) is 2. The second-order valence-corrected chi connectivity index (χ2v) is 4.69. The SMILES string of the molecule is CCN(CCOC)C(=O)N(CC)C1COCC1C(=O)O. The first-order valence-corrected chi connectivity index (χ1v) is 6.91. The largest absolute Gasteiger partial charge is 0.481 e. The fourth-order valence-electron chi connectivity index (χ4n) is 2.37. The molecule has 1 rings (SSSR count). The van der Waals surface area contributed by atoms with Crippen molar-refractivity contribution in [1.82, 2.24) is 9.80 Å². The molecule has 0 aromatic rings. The predicted molar refractivity (Wildman–Crippen MR) is 72.6 cm³/mol. The molecule has 1 fully saturated rings. The second kappa shape index (κ2) is 8.06. The van der Waals surface area contributed by atoms with Crippen LogP contribution in [0.3, 0.4) is 0 Å². The van der Waals surface area contributed by atoms with Gasteiger partial charge in [0.15, 0.2) is 0 Å². The fraction of sp³-hybridized carbons (Fsp3) is 0.846. The lowest BCUT2D eigenvalue weighted by Crippen LogP contribution is -2.52. The highest BCUT2D eigenvalue weighted by Crippen LogP contribution is 2.21. The quantitative estimate of drug-likeness (QED) is 0.738. The minimum atomic E-state index is -0.918. The Morgan fingerprint density at radius 2 is 2.00 bits per heavy atom. The van der Waals surface area contributed by atoms with Crippen LogP contribution in [0, 0.1) is 5.92 Å². The van der Waals surface area contributed by atoms with Crippen LogP contribution in [0.5, 0.6) is 0 Å². The van der Waals surface area contributed by atoms with Gasteiger partial charge in [0.25, 0.3) is 0 Å². The summed E-state index contributed by atoms with van der Waals surface area (Å²) < 4.78 is 10.2. The van der Waals surface area contributed by atoms with E-state index in [1.54, 1.807) is 16.9 Å². The molecular weight excluding hydrogens is 264 g/mol. The summed E-state index contributed by atoms with van der Waals surface area (Å²) in [5.41, 5.74) is 0. The van der Waals surface area contributed by atoms with Gasteiger partial charge in [0.05, 0.1) is 25.9 Å². The number of carboxylic acids is 1. The lowest BCUT2D eigenvalue weighted by Gasteiger charge is -2.34. The van der Waals surface area contributed by atoms with E-state index >= 15 is 0 Å². The van der Waals surface area contributed by atoms with E-state index in [0.717, 1.165) is 0 Å². The number of aliphatic carboxylic acids is 1. The number of carbonyl (C=O) groups excluding carboxylic acids is 1. The molecule has 0 aliphatic carbocycles. The van der Waals surface area contributed by atoms with E-state index in [2.05, 4.69) is 0 Å². The van der Waals surface area contributed by atoms with Crippen molar-refractivity contribution in [3.05, 3.63) is 0 Å². The number of amides is 2. The number of likely N-dealkylation sites (N-methyl/N-ethyl adjacent to an activating group) is 2. The lowest BCUT2D eigenvalue weighted by atomic mass is 10.0. The van der Waals surface area contributed by atoms with Gasteiger partial charge in [-0.1, -0.05) is 0 Å². The minimum absolute atomic E-state index is 0.159. The van der Waals surface area contributed by atoms with Crippen LogP contribution in [-0.2, 0) is 14.3 Å². The Kier molecular flexibility index (Phi) is 6.74. The molecule has 1 aliphatic heterocycles. The molecular formula is C13H24N2O5. The maximum absolute atomic E-state index is 12.5. The van der Waals surface area contributed by atoms with Gasteiger partial charge in [-0.25, -0.2) is 4.79 Å². The third-order valence-electron chi connectivity index (χ3n) is 3.57. The first kappa shape index (κ1) is 16.7. The minimum Gasteiger partial charge on any atom is -0.481 e. The number of carbonyl (C=O) groups is 2. The number of hydrogen-bond acceptors (Lipinski definition) is 4. The molecule has 0 aromatic heterocycles. The zero-order valence-electron chi connectivity index (χ0n) is 12.4. The average molecular weight is 288 g/mol. The summed E-state index contributed by atoms with van der Waals surface area (Å²) in [7, 11) is 1.58. The Morgan fingerprint density at radius 1 is 1.30 bits per heavy atom. The van der Waals surface area contributed by atoms with Crippen LogP contribution < -0.4 is 0 Å². The summed E-state index contributed by atoms with van der Waals surface area (Å²) in [5.74, 6) is -1.57. The molecule has 0 saturated carbocycles. The molecule has 0 spiro atoms. The zero-order valence-corrected chi connectivity index (χ0v) is 12.4. The van der Waals surface area contributed by atoms with E-state index < -0.39 is 17.9 Å². The van der Waals surface area contributed by atoms with Crippen LogP contribution in [0.25, 0.3) is 0 Å². The standard InChI is InChI=1S/C13H24N2O5/c1-4-14(6-7-19-3)13(18)15(5-2)11-9-20-8-10(11)12(16)17/h10-11H,4-9H2,1-3H3,(H,16,17). The number of urea groups is 1. The van der Waals surface area contributed by atoms with E-state index in [1.165, 1.54) is 0 Å². The number of methoxy groups -OCH3 is 1. The van der Waals surface area contributed by atoms with E-state index in [1.807, 2.05) is 13.8 Å². The second-order valence-electron chi connectivity index (χ2n) is 4.69. The summed E-state index contributed by atoms with van der Waals surface area (Å²) in [6.45, 7) is 6.14. The van der Waals surface area contributed by atoms with Crippen LogP contribution in [0.4, 0.5) is 4.79 Å². The summed E-state index contributed by atoms with van der Waals surface area (Å²) in [6, 6.07) is -0.560. The van der Waals surface area contributed by atoms with Gasteiger partial charge >= 0.3 is 12.0 Å². The third kappa shape index (κ3) is 3.83. The maximum Gasteiger partial charge on any atom is 0.320 e. The molecule has 0 aromatic carbocycles. The first-order chi connectivity index (χ1) is 9.56. The maximum atomic E-state index is 12.5. The van der Waals surface area contributed by atoms with Gasteiger partial charge in [-0.05, 0) is 13.8 Å². The number of rotatable bonds is 7. The number of ether oxygens (including phenoxy) is 2. The summed E-state index contributed by atoms with van der Waals surface area (Å²) in [4.78, 5) is 27.0. The van der Waals surface area contributed by atoms with Gasteiger partial charge in [-0.2, -0.15) is 0 Å². The molecule has 1 aliphatic rings. The van der Waals surface area contributed by atoms with Crippen molar-refractivity contribution in [3.63, 3.8) is 0 Å². The molecule has 0 bridgehead atoms. The topological polar surface area (TPSA) is 79.3 Å². The smallest absolute Gasteiger partial charge is 0.320 e. The van der Waals surface area contributed by atoms with Gasteiger partial charge in [0, 0.05) is 26.7 Å². The molecule has 0 radical (unpaired) electrons. The van der Waals surface area contributed by atoms with Crippen molar-refractivity contribution in [1.29, 1.82) is 0 Å². The van der Waals surface area contributed by atoms with Crippen LogP contribution in [0.2, 0.25) is 0 Å². The molecule has 1 saturated heterocycles. The van der Waals surface area contributed by atoms with Gasteiger partial charge < -0.3 is 24.4 Å². The molecule has 7 nitrogen and oxygen atoms in total. The van der Waals surface area contributed by atoms with E-state index in [0.29, 0.717) is 26.2 Å². The van der Waals surface area contributed by atoms with Crippen molar-refractivity contribution in [3.8, 4) is 0 Å². The molecule has 116 valence electrons. The van der Waals surface area contributed by atoms with Gasteiger partial charge in [0.2, 0.25) is 0 Å². The van der Waals surface area contributed by atoms with Crippen LogP contribution in [0.1, 0.15) is 13.8 Å². The van der Waals surface area contributed by atoms with Crippen LogP contribution in [-0.4, -0.2) is 79.5 Å². The zero-order chi connectivity index (χ0) is 15.1. The molecule has 2 unspecified atom stereocenters. The lowest BCUT2D eigenvalue weighted by molar-refractivity contribution is -0.142. The van der Waals surface area contributed by atoms with E-state index in [4.69, 9.17) is 9.47 Å². The summed E-state index contributed by atoms with van der Waals surface area (Å²) >= 11 is 0. The van der Waals surface area contributed by atoms with Crippen LogP contribution >= 0.6 is 0 Å². The molecule has 20 heavy (non-hydrogen) atoms. The monoisotopic (exact) mass is 288 g/mol. The molecule has 1 heterocycles. The van der Waals surface area contributed by atoms with Gasteiger partial charge in [0.1, 0.15) is 5.92 Å². The van der Waals surface area contributed by atoms with Crippen molar-refractivity contribution in [2.24, 2.45) is 5.92 Å². The molecule has 1 N–H and O–H groups in total. The predicted octanol–water partition coefficient (Wildman–Crippen LogP) is 0.496. The third-order valence-corrected chi connectivity index (χ3v) is 3.57. The summed E-state index contributed by atoms with van der Waals surface area (Å²) in [5, 5.41) is 9.20. The van der Waals surface area contributed by atoms with Crippen molar-refractivity contribution in [2.45, 2.75) is 19.9 Å². The molecule has 2 amide bonds. The highest BCUT2D eigenvalue weighted by atomic mass is 16.5. The highest BCUT2D eigenvalue weighted by Gasteiger charge is 2.40. The van der Waals surface area contributed by atoms with Crippen molar-refractivity contribution >= 4 is 12.0 Å². The number of carboxylic acid groups (broad SMARTS) is 1. The Hall–Kier alpha value is -1.34. The Balaban J connectivity index is 2.77. The van der Waals surface area contributed by atoms with Crippen molar-refractivity contribution < 1.29 is 24.2 Å². The normalized spacial score (nSPS) is 21.8. The first-order valence-electron chi connectivity index (χ1n) is 6.91. The van der Waals surface area contributed by atoms with Gasteiger partial charge in [-0.15, -0.1) is 0 Å². The molecule has 7 heteroatoms. The van der Waals surface area contributed by atoms with Crippen molar-refractivity contribution in [2.75, 3.05) is 46.6 Å². The van der Waals surface area contributed by atoms with Crippen LogP contribution in [0.15, 0.2) is 0 Å². The number of hydrogen-bond donors (Lipinski definition) is 1. The Bertz CT molecular complexity index is 337. The highest BCUT2D eigenvalue weighted by molar-refractivity contribution is 5.77. The Labute approximate surface area is 119 Å². The van der Waals surface area contributed by atoms with E-state index in [9.17, 15) is 14.7 Å². The fourth-order valence-corrected chi connectivity index (χ4v) is 2.37. The van der Waals surface area contributed by atoms with Gasteiger partial charge in [-0.3, -0.25) is 4.79 Å².